The first-order valence-corrected chi connectivity index (χ1v) is 13.2. The number of carbonyl (C=O) groups excluding carboxylic acids is 1. The minimum Gasteiger partial charge on any atom is -0.490 e. The molecule has 0 unspecified atom stereocenters. The van der Waals surface area contributed by atoms with Gasteiger partial charge in [-0.2, -0.15) is 18.4 Å². The summed E-state index contributed by atoms with van der Waals surface area (Å²) >= 11 is 3.23. The smallest absolute Gasteiger partial charge is 0.416 e. The molecule has 1 amide bonds. The van der Waals surface area contributed by atoms with Crippen molar-refractivity contribution in [1.82, 2.24) is 0 Å². The van der Waals surface area contributed by atoms with Gasteiger partial charge in [-0.05, 0) is 73.2 Å². The van der Waals surface area contributed by atoms with E-state index in [2.05, 4.69) is 21.2 Å². The second kappa shape index (κ2) is 12.1. The third-order valence-corrected chi connectivity index (χ3v) is 7.13. The van der Waals surface area contributed by atoms with E-state index in [1.807, 2.05) is 0 Å². The van der Waals surface area contributed by atoms with Crippen molar-refractivity contribution in [2.24, 2.45) is 0 Å². The Morgan fingerprint density at radius 1 is 1.05 bits per heavy atom. The summed E-state index contributed by atoms with van der Waals surface area (Å²) in [6, 6.07) is 16.1. The highest BCUT2D eigenvalue weighted by molar-refractivity contribution is 9.10. The Morgan fingerprint density at radius 2 is 1.76 bits per heavy atom. The summed E-state index contributed by atoms with van der Waals surface area (Å²) in [6.07, 6.45) is -3.37. The number of rotatable bonds is 9. The van der Waals surface area contributed by atoms with Crippen LogP contribution in [0.2, 0.25) is 0 Å². The third kappa shape index (κ3) is 7.36. The molecule has 12 heteroatoms. The van der Waals surface area contributed by atoms with Crippen LogP contribution in [0.25, 0.3) is 6.08 Å². The molecule has 0 bridgehead atoms. The maximum absolute atomic E-state index is 12.9. The van der Waals surface area contributed by atoms with Gasteiger partial charge >= 0.3 is 6.18 Å². The molecule has 3 rings (SSSR count). The van der Waals surface area contributed by atoms with E-state index < -0.39 is 39.0 Å². The lowest BCUT2D eigenvalue weighted by Crippen LogP contribution is -2.20. The van der Waals surface area contributed by atoms with E-state index >= 15 is 0 Å². The summed E-state index contributed by atoms with van der Waals surface area (Å²) in [6.45, 7) is 1.38. The number of hydrogen-bond donors (Lipinski definition) is 1. The third-order valence-electron chi connectivity index (χ3n) is 4.92. The van der Waals surface area contributed by atoms with Crippen molar-refractivity contribution in [2.75, 3.05) is 18.5 Å². The molecule has 0 atom stereocenters. The van der Waals surface area contributed by atoms with Crippen molar-refractivity contribution in [3.05, 3.63) is 87.2 Å². The molecule has 0 aliphatic heterocycles. The fraction of sp³-hybridized carbons (Fsp3) is 0.154. The predicted octanol–water partition coefficient (Wildman–Crippen LogP) is 6.22. The van der Waals surface area contributed by atoms with Gasteiger partial charge in [0.25, 0.3) is 5.91 Å². The zero-order valence-corrected chi connectivity index (χ0v) is 22.2. The number of carbonyl (C=O) groups is 1. The molecule has 0 spiro atoms. The standard InChI is InChI=1S/C26H20BrF3N2O5S/c1-2-36-24-13-17(12-22(15-31)38(34,35)21-9-7-19(27)8-10-21)6-11-23(24)37-16-25(33)32-20-5-3-4-18(14-20)26(28,29)30/h3-14H,2,16H2,1H3,(H,32,33)/b22-12-. The van der Waals surface area contributed by atoms with E-state index in [0.29, 0.717) is 10.0 Å². The Labute approximate surface area is 225 Å². The average molecular weight is 609 g/mol. The molecule has 0 fully saturated rings. The quantitative estimate of drug-likeness (QED) is 0.289. The first kappa shape index (κ1) is 28.7. The van der Waals surface area contributed by atoms with Gasteiger partial charge in [0.15, 0.2) is 18.1 Å². The van der Waals surface area contributed by atoms with Gasteiger partial charge in [0.1, 0.15) is 11.0 Å². The fourth-order valence-electron chi connectivity index (χ4n) is 3.18. The van der Waals surface area contributed by atoms with Crippen LogP contribution < -0.4 is 14.8 Å². The van der Waals surface area contributed by atoms with Gasteiger partial charge in [0, 0.05) is 10.2 Å². The molecular weight excluding hydrogens is 589 g/mol. The first-order chi connectivity index (χ1) is 17.9. The lowest BCUT2D eigenvalue weighted by Gasteiger charge is -2.13. The molecule has 7 nitrogen and oxygen atoms in total. The van der Waals surface area contributed by atoms with Crippen LogP contribution in [-0.4, -0.2) is 27.5 Å². The summed E-state index contributed by atoms with van der Waals surface area (Å²) in [5.74, 6) is -0.396. The molecule has 1 N–H and O–H groups in total. The highest BCUT2D eigenvalue weighted by Gasteiger charge is 2.30. The number of alkyl halides is 3. The molecule has 0 saturated carbocycles. The Balaban J connectivity index is 1.78. The highest BCUT2D eigenvalue weighted by atomic mass is 79.9. The van der Waals surface area contributed by atoms with Crippen LogP contribution in [0.15, 0.2) is 81.0 Å². The van der Waals surface area contributed by atoms with Crippen molar-refractivity contribution in [2.45, 2.75) is 18.0 Å². The van der Waals surface area contributed by atoms with Crippen molar-refractivity contribution >= 4 is 43.4 Å². The van der Waals surface area contributed by atoms with Gasteiger partial charge in [0.2, 0.25) is 9.84 Å². The van der Waals surface area contributed by atoms with Gasteiger partial charge in [-0.25, -0.2) is 8.42 Å². The van der Waals surface area contributed by atoms with Gasteiger partial charge in [-0.15, -0.1) is 0 Å². The SMILES string of the molecule is CCOc1cc(/C=C(/C#N)S(=O)(=O)c2ccc(Br)cc2)ccc1OCC(=O)Nc1cccc(C(F)(F)F)c1. The van der Waals surface area contributed by atoms with Crippen molar-refractivity contribution in [1.29, 1.82) is 5.26 Å². The molecule has 0 aliphatic rings. The molecular formula is C26H20BrF3N2O5S. The predicted molar refractivity (Wildman–Crippen MR) is 138 cm³/mol. The Morgan fingerprint density at radius 3 is 2.39 bits per heavy atom. The van der Waals surface area contributed by atoms with Crippen LogP contribution in [-0.2, 0) is 20.8 Å². The first-order valence-electron chi connectivity index (χ1n) is 10.9. The minimum absolute atomic E-state index is 0.0463. The van der Waals surface area contributed by atoms with Crippen LogP contribution in [0.5, 0.6) is 11.5 Å². The number of halogens is 4. The number of hydrogen-bond acceptors (Lipinski definition) is 6. The number of nitrogens with zero attached hydrogens (tertiary/aromatic N) is 1. The monoisotopic (exact) mass is 608 g/mol. The second-order valence-electron chi connectivity index (χ2n) is 7.63. The van der Waals surface area contributed by atoms with E-state index in [-0.39, 0.29) is 28.7 Å². The number of nitriles is 1. The Kier molecular flexibility index (Phi) is 9.19. The molecule has 38 heavy (non-hydrogen) atoms. The maximum Gasteiger partial charge on any atom is 0.416 e. The number of sulfone groups is 1. The largest absolute Gasteiger partial charge is 0.490 e. The number of amides is 1. The Hall–Kier alpha value is -3.82. The average Bonchev–Trinajstić information content (AvgIpc) is 2.86. The summed E-state index contributed by atoms with van der Waals surface area (Å²) in [5.41, 5.74) is -0.626. The van der Waals surface area contributed by atoms with Crippen LogP contribution in [0, 0.1) is 11.3 Å². The van der Waals surface area contributed by atoms with Crippen LogP contribution >= 0.6 is 15.9 Å². The molecule has 0 aliphatic carbocycles. The van der Waals surface area contributed by atoms with E-state index in [1.54, 1.807) is 25.1 Å². The lowest BCUT2D eigenvalue weighted by molar-refractivity contribution is -0.137. The second-order valence-corrected chi connectivity index (χ2v) is 10.5. The molecule has 0 aromatic heterocycles. The highest BCUT2D eigenvalue weighted by Crippen LogP contribution is 2.32. The van der Waals surface area contributed by atoms with Crippen LogP contribution in [0.4, 0.5) is 18.9 Å². The zero-order valence-electron chi connectivity index (χ0n) is 19.8. The number of benzene rings is 3. The van der Waals surface area contributed by atoms with E-state index in [1.165, 1.54) is 48.5 Å². The van der Waals surface area contributed by atoms with Gasteiger partial charge in [-0.3, -0.25) is 4.79 Å². The molecule has 0 saturated heterocycles. The molecule has 3 aromatic rings. The number of anilines is 1. The normalized spacial score (nSPS) is 11.9. The lowest BCUT2D eigenvalue weighted by atomic mass is 10.2. The van der Waals surface area contributed by atoms with Gasteiger partial charge < -0.3 is 14.8 Å². The van der Waals surface area contributed by atoms with Crippen LogP contribution in [0.1, 0.15) is 18.1 Å². The zero-order chi connectivity index (χ0) is 27.9. The van der Waals surface area contributed by atoms with E-state index in [9.17, 15) is 31.6 Å². The van der Waals surface area contributed by atoms with E-state index in [4.69, 9.17) is 9.47 Å². The van der Waals surface area contributed by atoms with E-state index in [0.717, 1.165) is 12.1 Å². The molecule has 198 valence electrons. The summed E-state index contributed by atoms with van der Waals surface area (Å²) in [4.78, 5) is 11.7. The van der Waals surface area contributed by atoms with Crippen molar-refractivity contribution < 1.29 is 35.9 Å². The van der Waals surface area contributed by atoms with Crippen molar-refractivity contribution in [3.8, 4) is 17.6 Å². The topological polar surface area (TPSA) is 105 Å². The summed E-state index contributed by atoms with van der Waals surface area (Å²) < 4.78 is 76.1. The maximum atomic E-state index is 12.9. The number of ether oxygens (including phenoxy) is 2. The molecule has 0 radical (unpaired) electrons. The van der Waals surface area contributed by atoms with Crippen molar-refractivity contribution in [3.63, 3.8) is 0 Å². The minimum atomic E-state index is -4.55. The fourth-order valence-corrected chi connectivity index (χ4v) is 4.60. The number of allylic oxidation sites excluding steroid dienone is 1. The van der Waals surface area contributed by atoms with Gasteiger partial charge in [-0.1, -0.05) is 28.1 Å². The summed E-state index contributed by atoms with van der Waals surface area (Å²) in [7, 11) is -4.08. The molecule has 3 aromatic carbocycles. The summed E-state index contributed by atoms with van der Waals surface area (Å²) in [5, 5.41) is 11.9. The number of nitrogens with one attached hydrogen (secondary N) is 1. The van der Waals surface area contributed by atoms with Crippen LogP contribution in [0.3, 0.4) is 0 Å². The molecule has 0 heterocycles. The van der Waals surface area contributed by atoms with Gasteiger partial charge in [0.05, 0.1) is 17.1 Å². The Bertz CT molecular complexity index is 1500.